The first-order valence-corrected chi connectivity index (χ1v) is 9.15. The van der Waals surface area contributed by atoms with E-state index in [1.807, 2.05) is 37.3 Å². The summed E-state index contributed by atoms with van der Waals surface area (Å²) in [7, 11) is 0. The molecule has 0 spiro atoms. The molecule has 28 heavy (non-hydrogen) atoms. The molecule has 8 heteroatoms. The lowest BCUT2D eigenvalue weighted by Gasteiger charge is -2.44. The number of carbonyl (C=O) groups excluding carboxylic acids is 2. The fourth-order valence-electron chi connectivity index (χ4n) is 3.68. The summed E-state index contributed by atoms with van der Waals surface area (Å²) in [6.45, 7) is 2.89. The molecular weight excluding hydrogens is 362 g/mol. The van der Waals surface area contributed by atoms with Crippen molar-refractivity contribution < 1.29 is 19.1 Å². The number of hydrogen-bond donors (Lipinski definition) is 1. The molecule has 1 unspecified atom stereocenters. The number of nitrogens with zero attached hydrogens (tertiary/aromatic N) is 2. The molecule has 146 valence electrons. The smallest absolute Gasteiger partial charge is 0.276 e. The number of carbonyl (C=O) groups is 2. The molecule has 0 aliphatic carbocycles. The van der Waals surface area contributed by atoms with Gasteiger partial charge in [0.2, 0.25) is 5.43 Å². The van der Waals surface area contributed by atoms with E-state index in [9.17, 15) is 14.4 Å². The predicted octanol–water partition coefficient (Wildman–Crippen LogP) is 1.12. The van der Waals surface area contributed by atoms with Gasteiger partial charge in [0.25, 0.3) is 11.8 Å². The van der Waals surface area contributed by atoms with Crippen LogP contribution in [0.3, 0.4) is 0 Å². The Bertz CT molecular complexity index is 985. The first-order chi connectivity index (χ1) is 13.5. The summed E-state index contributed by atoms with van der Waals surface area (Å²) in [5.41, 5.74) is 5.45. The minimum absolute atomic E-state index is 0.0205. The largest absolute Gasteiger partial charge is 0.483 e. The van der Waals surface area contributed by atoms with Gasteiger partial charge in [-0.15, -0.1) is 0 Å². The Morgan fingerprint density at radius 3 is 2.75 bits per heavy atom. The molecular formula is C20H21N3O5. The monoisotopic (exact) mass is 383 g/mol. The molecule has 8 nitrogen and oxygen atoms in total. The van der Waals surface area contributed by atoms with Gasteiger partial charge in [-0.25, -0.2) is 0 Å². The Kier molecular flexibility index (Phi) is 4.64. The van der Waals surface area contributed by atoms with Crippen molar-refractivity contribution in [3.8, 4) is 5.75 Å². The van der Waals surface area contributed by atoms with Crippen LogP contribution in [0.25, 0.3) is 0 Å². The van der Waals surface area contributed by atoms with Crippen molar-refractivity contribution in [2.24, 2.45) is 5.73 Å². The molecule has 4 rings (SSSR count). The van der Waals surface area contributed by atoms with Gasteiger partial charge in [0.05, 0.1) is 13.2 Å². The van der Waals surface area contributed by atoms with Crippen LogP contribution < -0.4 is 15.9 Å². The molecule has 1 fully saturated rings. The van der Waals surface area contributed by atoms with Crippen molar-refractivity contribution in [3.05, 3.63) is 63.6 Å². The van der Waals surface area contributed by atoms with Crippen molar-refractivity contribution in [1.29, 1.82) is 0 Å². The maximum atomic E-state index is 13.2. The highest BCUT2D eigenvalue weighted by Crippen LogP contribution is 2.30. The third-order valence-electron chi connectivity index (χ3n) is 5.15. The molecule has 1 aromatic heterocycles. The van der Waals surface area contributed by atoms with E-state index in [1.165, 1.54) is 6.20 Å². The van der Waals surface area contributed by atoms with Crippen LogP contribution in [-0.2, 0) is 17.9 Å². The van der Waals surface area contributed by atoms with Gasteiger partial charge in [0, 0.05) is 12.2 Å². The van der Waals surface area contributed by atoms with E-state index in [0.717, 1.165) is 5.56 Å². The normalized spacial score (nSPS) is 21.0. The van der Waals surface area contributed by atoms with Crippen molar-refractivity contribution in [2.45, 2.75) is 38.8 Å². The minimum Gasteiger partial charge on any atom is -0.483 e. The van der Waals surface area contributed by atoms with E-state index < -0.39 is 17.6 Å². The van der Waals surface area contributed by atoms with Gasteiger partial charge < -0.3 is 24.7 Å². The fourth-order valence-corrected chi connectivity index (χ4v) is 3.68. The van der Waals surface area contributed by atoms with Crippen LogP contribution in [0.15, 0.2) is 41.3 Å². The molecule has 2 aliphatic rings. The van der Waals surface area contributed by atoms with Crippen LogP contribution in [0, 0.1) is 0 Å². The van der Waals surface area contributed by atoms with Gasteiger partial charge in [-0.1, -0.05) is 30.3 Å². The number of primary amides is 1. The van der Waals surface area contributed by atoms with Crippen LogP contribution in [0.5, 0.6) is 5.75 Å². The second-order valence-electron chi connectivity index (χ2n) is 7.02. The first kappa shape index (κ1) is 18.2. The zero-order valence-electron chi connectivity index (χ0n) is 15.5. The second kappa shape index (κ2) is 7.12. The molecule has 2 atom stereocenters. The van der Waals surface area contributed by atoms with Gasteiger partial charge in [0.15, 0.2) is 17.7 Å². The zero-order chi connectivity index (χ0) is 19.8. The molecule has 2 aliphatic heterocycles. The number of ether oxygens (including phenoxy) is 2. The fraction of sp³-hybridized carbons (Fsp3) is 0.350. The van der Waals surface area contributed by atoms with Crippen LogP contribution in [0.4, 0.5) is 0 Å². The molecule has 1 aromatic carbocycles. The number of hydrogen-bond acceptors (Lipinski definition) is 5. The van der Waals surface area contributed by atoms with Crippen molar-refractivity contribution >= 4 is 11.8 Å². The maximum Gasteiger partial charge on any atom is 0.276 e. The number of fused-ring (bicyclic) bond motifs is 2. The molecule has 2 N–H and O–H groups in total. The summed E-state index contributed by atoms with van der Waals surface area (Å²) in [5, 5.41) is 0. The summed E-state index contributed by atoms with van der Waals surface area (Å²) >= 11 is 0. The number of nitrogens with two attached hydrogens (primary N) is 1. The minimum atomic E-state index is -0.863. The Morgan fingerprint density at radius 2 is 2.04 bits per heavy atom. The van der Waals surface area contributed by atoms with Crippen LogP contribution in [0.1, 0.15) is 39.8 Å². The topological polar surface area (TPSA) is 104 Å². The van der Waals surface area contributed by atoms with Crippen LogP contribution in [-0.4, -0.2) is 40.2 Å². The Labute approximate surface area is 161 Å². The SMILES string of the molecule is C[C@@H]1CCOC2Cn3cc(C(N)=O)c(=O)c(OCc4ccccc4)c3C(=O)N21. The lowest BCUT2D eigenvalue weighted by atomic mass is 10.1. The van der Waals surface area contributed by atoms with E-state index in [4.69, 9.17) is 15.2 Å². The Morgan fingerprint density at radius 1 is 1.29 bits per heavy atom. The molecule has 3 heterocycles. The summed E-state index contributed by atoms with van der Waals surface area (Å²) in [6.07, 6.45) is 1.59. The average molecular weight is 383 g/mol. The molecule has 1 saturated heterocycles. The van der Waals surface area contributed by atoms with Crippen molar-refractivity contribution in [2.75, 3.05) is 6.61 Å². The first-order valence-electron chi connectivity index (χ1n) is 9.15. The maximum absolute atomic E-state index is 13.2. The van der Waals surface area contributed by atoms with Crippen LogP contribution in [0.2, 0.25) is 0 Å². The number of aromatic nitrogens is 1. The highest BCUT2D eigenvalue weighted by atomic mass is 16.5. The Balaban J connectivity index is 1.80. The predicted molar refractivity (Wildman–Crippen MR) is 100.0 cm³/mol. The third-order valence-corrected chi connectivity index (χ3v) is 5.15. The van der Waals surface area contributed by atoms with Gasteiger partial charge in [-0.3, -0.25) is 14.4 Å². The average Bonchev–Trinajstić information content (AvgIpc) is 2.68. The third kappa shape index (κ3) is 3.05. The van der Waals surface area contributed by atoms with E-state index >= 15 is 0 Å². The summed E-state index contributed by atoms with van der Waals surface area (Å²) in [6, 6.07) is 9.25. The molecule has 0 saturated carbocycles. The van der Waals surface area contributed by atoms with Crippen molar-refractivity contribution in [1.82, 2.24) is 9.47 Å². The van der Waals surface area contributed by atoms with Crippen molar-refractivity contribution in [3.63, 3.8) is 0 Å². The zero-order valence-corrected chi connectivity index (χ0v) is 15.5. The van der Waals surface area contributed by atoms with E-state index in [2.05, 4.69) is 0 Å². The van der Waals surface area contributed by atoms with Crippen LogP contribution >= 0.6 is 0 Å². The van der Waals surface area contributed by atoms with Gasteiger partial charge in [0.1, 0.15) is 12.2 Å². The number of benzene rings is 1. The molecule has 0 bridgehead atoms. The number of pyridine rings is 1. The molecule has 0 radical (unpaired) electrons. The van der Waals surface area contributed by atoms with Gasteiger partial charge in [-0.2, -0.15) is 0 Å². The van der Waals surface area contributed by atoms with Gasteiger partial charge in [-0.05, 0) is 18.9 Å². The highest BCUT2D eigenvalue weighted by molar-refractivity contribution is 5.99. The standard InChI is InChI=1S/C20H21N3O5/c1-12-7-8-27-15-10-22-9-14(19(21)25)17(24)18(16(22)20(26)23(12)15)28-11-13-5-3-2-4-6-13/h2-6,9,12,15H,7-8,10-11H2,1H3,(H2,21,25)/t12-,15?/m1/s1. The van der Waals surface area contributed by atoms with Gasteiger partial charge >= 0.3 is 0 Å². The van der Waals surface area contributed by atoms with E-state index in [1.54, 1.807) is 9.47 Å². The Hall–Kier alpha value is -3.13. The number of amides is 2. The lowest BCUT2D eigenvalue weighted by molar-refractivity contribution is -0.112. The quantitative estimate of drug-likeness (QED) is 0.852. The molecule has 2 amide bonds. The summed E-state index contributed by atoms with van der Waals surface area (Å²) in [4.78, 5) is 39.5. The summed E-state index contributed by atoms with van der Waals surface area (Å²) in [5.74, 6) is -1.36. The lowest BCUT2D eigenvalue weighted by Crippen LogP contribution is -2.57. The van der Waals surface area contributed by atoms with E-state index in [-0.39, 0.29) is 35.6 Å². The number of rotatable bonds is 4. The second-order valence-corrected chi connectivity index (χ2v) is 7.02. The summed E-state index contributed by atoms with van der Waals surface area (Å²) < 4.78 is 13.0. The van der Waals surface area contributed by atoms with E-state index in [0.29, 0.717) is 19.6 Å². The highest BCUT2D eigenvalue weighted by Gasteiger charge is 2.41. The molecule has 2 aromatic rings.